The summed E-state index contributed by atoms with van der Waals surface area (Å²) in [6.45, 7) is 4.00. The molecule has 1 heterocycles. The third-order valence-electron chi connectivity index (χ3n) is 5.21. The molecule has 1 aliphatic rings. The Balaban J connectivity index is 0.00000260. The molecule has 14 nitrogen and oxygen atoms in total. The van der Waals surface area contributed by atoms with Crippen molar-refractivity contribution in [1.29, 1.82) is 0 Å². The quantitative estimate of drug-likeness (QED) is 0.0296. The number of anilines is 1. The summed E-state index contributed by atoms with van der Waals surface area (Å²) in [5.41, 5.74) is 3.77. The Hall–Kier alpha value is -3.09. The number of aldehydes is 1. The lowest BCUT2D eigenvalue weighted by molar-refractivity contribution is -0.193. The van der Waals surface area contributed by atoms with Crippen LogP contribution in [0.1, 0.15) is 31.1 Å². The summed E-state index contributed by atoms with van der Waals surface area (Å²) in [5, 5.41) is 60.9. The summed E-state index contributed by atoms with van der Waals surface area (Å²) < 4.78 is 47.5. The zero-order valence-electron chi connectivity index (χ0n) is 20.6. The third kappa shape index (κ3) is 7.74. The maximum absolute atomic E-state index is 11.4. The van der Waals surface area contributed by atoms with Crippen LogP contribution in [0, 0.1) is 0 Å². The molecule has 16 heteroatoms. The molecule has 1 fully saturated rings. The van der Waals surface area contributed by atoms with Gasteiger partial charge in [0.05, 0.1) is 11.5 Å². The van der Waals surface area contributed by atoms with Crippen LogP contribution in [0.4, 0.5) is 5.69 Å². The number of phenols is 3. The van der Waals surface area contributed by atoms with Crippen molar-refractivity contribution in [2.24, 2.45) is 0 Å². The molecule has 0 radical (unpaired) electrons. The highest BCUT2D eigenvalue weighted by atomic mass is 32.3. The Morgan fingerprint density at radius 1 is 1.13 bits per heavy atom. The van der Waals surface area contributed by atoms with Crippen molar-refractivity contribution < 1.29 is 62.1 Å². The molecular weight excluding hydrogens is 562 g/mol. The first kappa shape index (κ1) is 32.1. The molecule has 2 aromatic carbocycles. The van der Waals surface area contributed by atoms with Crippen molar-refractivity contribution >= 4 is 39.9 Å². The maximum atomic E-state index is 11.4. The molecule has 5 atom stereocenters. The van der Waals surface area contributed by atoms with Crippen LogP contribution in [0.5, 0.6) is 23.0 Å². The van der Waals surface area contributed by atoms with Crippen molar-refractivity contribution in [3.8, 4) is 23.0 Å². The minimum absolute atomic E-state index is 0.0625. The van der Waals surface area contributed by atoms with Gasteiger partial charge < -0.3 is 45.8 Å². The second-order valence-corrected chi connectivity index (χ2v) is 9.68. The van der Waals surface area contributed by atoms with Crippen molar-refractivity contribution in [2.45, 2.75) is 43.7 Å². The van der Waals surface area contributed by atoms with Gasteiger partial charge in [0.2, 0.25) is 0 Å². The van der Waals surface area contributed by atoms with E-state index >= 15 is 0 Å². The highest BCUT2D eigenvalue weighted by molar-refractivity contribution is 7.99. The number of carbonyl (C=O) groups is 1. The van der Waals surface area contributed by atoms with Crippen molar-refractivity contribution in [3.05, 3.63) is 47.5 Å². The second kappa shape index (κ2) is 13.8. The predicted octanol–water partition coefficient (Wildman–Crippen LogP) is 1.02. The van der Waals surface area contributed by atoms with E-state index in [2.05, 4.69) is 4.18 Å². The van der Waals surface area contributed by atoms with E-state index < -0.39 is 68.9 Å². The second-order valence-electron chi connectivity index (χ2n) is 7.58. The lowest BCUT2D eigenvalue weighted by Crippen LogP contribution is -2.54. The summed E-state index contributed by atoms with van der Waals surface area (Å²) >= 11 is 0.592. The van der Waals surface area contributed by atoms with Crippen molar-refractivity contribution in [3.63, 3.8) is 0 Å². The fraction of sp³-hybridized carbons (Fsp3) is 0.348. The number of phenolic OH excluding ortho intramolecular Hbond substituents is 3. The summed E-state index contributed by atoms with van der Waals surface area (Å²) in [5.74, 6) is -2.81. The predicted molar refractivity (Wildman–Crippen MR) is 139 cm³/mol. The number of nitrogens with two attached hydrogens (primary N) is 1. The van der Waals surface area contributed by atoms with Crippen LogP contribution in [0.3, 0.4) is 0 Å². The number of aliphatic hydroxyl groups excluding tert-OH is 3. The zero-order valence-corrected chi connectivity index (χ0v) is 22.2. The SMILES string of the molecule is CC.Nc1c(O/C(=C\C=O)c2ccc(O)cc2)cc(O)c([C@@H]2OC(SCO)[C@@H](O)C(O)C2OS(=O)(=O)O)c1O. The minimum Gasteiger partial charge on any atom is -0.508 e. The van der Waals surface area contributed by atoms with E-state index in [1.54, 1.807) is 0 Å². The van der Waals surface area contributed by atoms with Crippen molar-refractivity contribution in [2.75, 3.05) is 11.7 Å². The normalized spacial score (nSPS) is 23.4. The van der Waals surface area contributed by atoms with Crippen molar-refractivity contribution in [1.82, 2.24) is 0 Å². The highest BCUT2D eigenvalue weighted by Crippen LogP contribution is 2.49. The largest absolute Gasteiger partial charge is 0.508 e. The first-order chi connectivity index (χ1) is 18.4. The molecule has 39 heavy (non-hydrogen) atoms. The van der Waals surface area contributed by atoms with Gasteiger partial charge in [-0.05, 0) is 24.3 Å². The smallest absolute Gasteiger partial charge is 0.397 e. The Labute approximate surface area is 227 Å². The number of hydrogen-bond donors (Lipinski definition) is 8. The van der Waals surface area contributed by atoms with Crippen LogP contribution in [0.15, 0.2) is 36.4 Å². The molecule has 0 aromatic heterocycles. The fourth-order valence-electron chi connectivity index (χ4n) is 3.55. The van der Waals surface area contributed by atoms with Crippen LogP contribution < -0.4 is 10.5 Å². The minimum atomic E-state index is -5.24. The monoisotopic (exact) mass is 591 g/mol. The molecule has 0 amide bonds. The molecule has 3 unspecified atom stereocenters. The van der Waals surface area contributed by atoms with Gasteiger partial charge in [-0.25, -0.2) is 4.18 Å². The Kier molecular flexibility index (Phi) is 11.4. The molecule has 1 aliphatic heterocycles. The number of ether oxygens (including phenoxy) is 2. The molecule has 0 bridgehead atoms. The van der Waals surface area contributed by atoms with E-state index in [9.17, 15) is 43.9 Å². The van der Waals surface area contributed by atoms with Gasteiger partial charge in [0.1, 0.15) is 59.1 Å². The average Bonchev–Trinajstić information content (AvgIpc) is 2.88. The number of carbonyl (C=O) groups excluding carboxylic acids is 1. The Bertz CT molecular complexity index is 1270. The molecule has 1 saturated heterocycles. The molecule has 3 rings (SSSR count). The number of aliphatic hydroxyl groups is 3. The van der Waals surface area contributed by atoms with Gasteiger partial charge in [0.15, 0.2) is 11.5 Å². The number of benzene rings is 2. The lowest BCUT2D eigenvalue weighted by atomic mass is 9.92. The van der Waals surface area contributed by atoms with E-state index in [0.29, 0.717) is 23.6 Å². The Morgan fingerprint density at radius 2 is 1.74 bits per heavy atom. The first-order valence-electron chi connectivity index (χ1n) is 11.2. The lowest BCUT2D eigenvalue weighted by Gasteiger charge is -2.41. The average molecular weight is 592 g/mol. The van der Waals surface area contributed by atoms with Gasteiger partial charge in [-0.2, -0.15) is 8.42 Å². The van der Waals surface area contributed by atoms with Crippen LogP contribution in [0.25, 0.3) is 5.76 Å². The van der Waals surface area contributed by atoms with Gasteiger partial charge in [0, 0.05) is 17.7 Å². The maximum Gasteiger partial charge on any atom is 0.397 e. The van der Waals surface area contributed by atoms with Gasteiger partial charge in [-0.3, -0.25) is 9.35 Å². The molecule has 9 N–H and O–H groups in total. The van der Waals surface area contributed by atoms with E-state index in [1.165, 1.54) is 24.3 Å². The van der Waals surface area contributed by atoms with Gasteiger partial charge in [0.25, 0.3) is 0 Å². The number of thioether (sulfide) groups is 1. The molecule has 216 valence electrons. The molecule has 2 aromatic rings. The topological polar surface area (TPSA) is 247 Å². The summed E-state index contributed by atoms with van der Waals surface area (Å²) in [7, 11) is -5.24. The molecule has 0 spiro atoms. The summed E-state index contributed by atoms with van der Waals surface area (Å²) in [6.07, 6.45) is -6.38. The highest BCUT2D eigenvalue weighted by Gasteiger charge is 2.49. The van der Waals surface area contributed by atoms with Crippen LogP contribution in [0.2, 0.25) is 0 Å². The van der Waals surface area contributed by atoms with Crippen LogP contribution in [-0.2, 0) is 24.1 Å². The van der Waals surface area contributed by atoms with Crippen LogP contribution >= 0.6 is 11.8 Å². The number of aromatic hydroxyl groups is 3. The number of hydrogen-bond acceptors (Lipinski definition) is 14. The van der Waals surface area contributed by atoms with Gasteiger partial charge >= 0.3 is 10.4 Å². The third-order valence-corrected chi connectivity index (χ3v) is 6.54. The van der Waals surface area contributed by atoms with Crippen LogP contribution in [-0.4, -0.2) is 79.6 Å². The first-order valence-corrected chi connectivity index (χ1v) is 13.7. The summed E-state index contributed by atoms with van der Waals surface area (Å²) in [4.78, 5) is 11.1. The Morgan fingerprint density at radius 3 is 2.28 bits per heavy atom. The number of rotatable bonds is 9. The summed E-state index contributed by atoms with van der Waals surface area (Å²) in [6, 6.07) is 6.34. The van der Waals surface area contributed by atoms with Gasteiger partial charge in [-0.15, -0.1) is 0 Å². The standard InChI is InChI=1S/C21H23NO13S2.C2H6/c22-15-13(33-12(5-6-23)9-1-3-10(25)4-2-9)7-11(26)14(16(15)27)19-20(35-37(30,31)32)17(28)18(29)21(34-19)36-8-24;1-2/h1-7,17-21,24-29H,8,22H2,(H,30,31,32);1-2H3/b12-5-;/t17?,18-,19-,20?,21?;/m0./s1. The zero-order chi connectivity index (χ0) is 29.5. The van der Waals surface area contributed by atoms with E-state index in [1.807, 2.05) is 13.8 Å². The molecule has 0 saturated carbocycles. The molecule has 0 aliphatic carbocycles. The van der Waals surface area contributed by atoms with Gasteiger partial charge in [-0.1, -0.05) is 25.6 Å². The molecular formula is C23H29NO13S2. The van der Waals surface area contributed by atoms with E-state index in [4.69, 9.17) is 19.8 Å². The fourth-order valence-corrected chi connectivity index (χ4v) is 4.75. The van der Waals surface area contributed by atoms with E-state index in [-0.39, 0.29) is 17.3 Å². The van der Waals surface area contributed by atoms with E-state index in [0.717, 1.165) is 12.1 Å². The number of allylic oxidation sites excluding steroid dienone is 1. The number of nitrogen functional groups attached to an aromatic ring is 1.